The number of esters is 1. The van der Waals surface area contributed by atoms with Crippen LogP contribution in [0.5, 0.6) is 11.5 Å². The van der Waals surface area contributed by atoms with Crippen LogP contribution in [0.15, 0.2) is 66.7 Å². The van der Waals surface area contributed by atoms with Crippen molar-refractivity contribution in [1.82, 2.24) is 0 Å². The van der Waals surface area contributed by atoms with Gasteiger partial charge in [-0.05, 0) is 80.9 Å². The van der Waals surface area contributed by atoms with Crippen molar-refractivity contribution in [3.63, 3.8) is 0 Å². The lowest BCUT2D eigenvalue weighted by molar-refractivity contribution is -0.141. The zero-order chi connectivity index (χ0) is 21.7. The van der Waals surface area contributed by atoms with Crippen LogP contribution in [0.3, 0.4) is 0 Å². The van der Waals surface area contributed by atoms with Gasteiger partial charge in [-0.1, -0.05) is 29.3 Å². The van der Waals surface area contributed by atoms with Gasteiger partial charge in [0, 0.05) is 16.3 Å². The van der Waals surface area contributed by atoms with Crippen molar-refractivity contribution in [2.45, 2.75) is 26.9 Å². The lowest BCUT2D eigenvalue weighted by Gasteiger charge is -2.16. The number of benzene rings is 3. The molecule has 1 amide bonds. The Labute approximate surface area is 180 Å². The molecule has 0 bridgehead atoms. The smallest absolute Gasteiger partial charge is 0.352 e. The molecule has 5 nitrogen and oxygen atoms in total. The van der Waals surface area contributed by atoms with Crippen molar-refractivity contribution in [2.75, 3.05) is 5.32 Å². The molecular formula is C24H22ClNO4. The van der Waals surface area contributed by atoms with Crippen LogP contribution in [0, 0.1) is 13.8 Å². The monoisotopic (exact) mass is 423 g/mol. The molecule has 1 atom stereocenters. The topological polar surface area (TPSA) is 64.6 Å². The zero-order valence-corrected chi connectivity index (χ0v) is 17.7. The van der Waals surface area contributed by atoms with Gasteiger partial charge in [-0.25, -0.2) is 4.79 Å². The summed E-state index contributed by atoms with van der Waals surface area (Å²) in [5.74, 6) is 0.175. The number of nitrogens with one attached hydrogen (secondary N) is 1. The van der Waals surface area contributed by atoms with E-state index < -0.39 is 12.1 Å². The molecule has 154 valence electrons. The maximum absolute atomic E-state index is 12.3. The molecule has 1 N–H and O–H groups in total. The van der Waals surface area contributed by atoms with Gasteiger partial charge in [0.2, 0.25) is 0 Å². The first-order valence-electron chi connectivity index (χ1n) is 9.44. The number of carbonyl (C=O) groups is 2. The molecule has 0 aliphatic carbocycles. The molecular weight excluding hydrogens is 402 g/mol. The highest BCUT2D eigenvalue weighted by Gasteiger charge is 2.18. The molecule has 6 heteroatoms. The van der Waals surface area contributed by atoms with Gasteiger partial charge in [0.15, 0.2) is 6.10 Å². The van der Waals surface area contributed by atoms with E-state index in [2.05, 4.69) is 5.32 Å². The summed E-state index contributed by atoms with van der Waals surface area (Å²) in [5.41, 5.74) is 3.14. The van der Waals surface area contributed by atoms with Gasteiger partial charge in [0.05, 0.1) is 0 Å². The number of aryl methyl sites for hydroxylation is 2. The average Bonchev–Trinajstić information content (AvgIpc) is 2.72. The van der Waals surface area contributed by atoms with E-state index >= 15 is 0 Å². The van der Waals surface area contributed by atoms with Gasteiger partial charge in [0.25, 0.3) is 5.91 Å². The molecule has 1 unspecified atom stereocenters. The molecule has 0 fully saturated rings. The van der Waals surface area contributed by atoms with Gasteiger partial charge in [-0.15, -0.1) is 0 Å². The summed E-state index contributed by atoms with van der Waals surface area (Å²) in [6.45, 7) is 5.55. The molecule has 0 spiro atoms. The van der Waals surface area contributed by atoms with Gasteiger partial charge in [-0.3, -0.25) is 4.79 Å². The van der Waals surface area contributed by atoms with Crippen LogP contribution in [0.25, 0.3) is 0 Å². The van der Waals surface area contributed by atoms with Gasteiger partial charge in [0.1, 0.15) is 11.5 Å². The Bertz CT molecular complexity index is 1050. The fourth-order valence-electron chi connectivity index (χ4n) is 2.78. The van der Waals surface area contributed by atoms with Crippen LogP contribution < -0.4 is 14.8 Å². The minimum absolute atomic E-state index is 0.276. The first-order chi connectivity index (χ1) is 14.3. The third-order valence-corrected chi connectivity index (χ3v) is 4.66. The van der Waals surface area contributed by atoms with Crippen molar-refractivity contribution >= 4 is 29.2 Å². The predicted molar refractivity (Wildman–Crippen MR) is 117 cm³/mol. The number of hydrogen-bond acceptors (Lipinski definition) is 4. The Balaban J connectivity index is 1.58. The number of ether oxygens (including phenoxy) is 2. The minimum Gasteiger partial charge on any atom is -0.479 e. The van der Waals surface area contributed by atoms with Crippen molar-refractivity contribution in [2.24, 2.45) is 0 Å². The van der Waals surface area contributed by atoms with E-state index in [-0.39, 0.29) is 5.91 Å². The first-order valence-corrected chi connectivity index (χ1v) is 9.82. The lowest BCUT2D eigenvalue weighted by Crippen LogP contribution is -2.28. The molecule has 30 heavy (non-hydrogen) atoms. The van der Waals surface area contributed by atoms with E-state index in [1.54, 1.807) is 55.5 Å². The van der Waals surface area contributed by atoms with Gasteiger partial charge >= 0.3 is 5.97 Å². The van der Waals surface area contributed by atoms with Crippen LogP contribution in [0.4, 0.5) is 5.69 Å². The second kappa shape index (κ2) is 9.46. The molecule has 3 rings (SSSR count). The average molecular weight is 424 g/mol. The molecule has 3 aromatic carbocycles. The summed E-state index contributed by atoms with van der Waals surface area (Å²) in [7, 11) is 0. The Morgan fingerprint density at radius 1 is 0.933 bits per heavy atom. The number of carbonyl (C=O) groups excluding carboxylic acids is 2. The van der Waals surface area contributed by atoms with E-state index in [4.69, 9.17) is 21.1 Å². The van der Waals surface area contributed by atoms with Crippen molar-refractivity contribution in [3.05, 3.63) is 88.4 Å². The summed E-state index contributed by atoms with van der Waals surface area (Å²) >= 11 is 5.84. The largest absolute Gasteiger partial charge is 0.479 e. The number of halogens is 1. The highest BCUT2D eigenvalue weighted by Crippen LogP contribution is 2.21. The third kappa shape index (κ3) is 5.61. The highest BCUT2D eigenvalue weighted by molar-refractivity contribution is 6.30. The summed E-state index contributed by atoms with van der Waals surface area (Å²) < 4.78 is 11.1. The number of rotatable bonds is 6. The number of anilines is 1. The third-order valence-electron chi connectivity index (χ3n) is 4.40. The Morgan fingerprint density at radius 2 is 1.60 bits per heavy atom. The number of hydrogen-bond donors (Lipinski definition) is 1. The molecule has 0 aliphatic rings. The van der Waals surface area contributed by atoms with E-state index in [0.717, 1.165) is 11.1 Å². The fourth-order valence-corrected chi connectivity index (χ4v) is 2.91. The maximum atomic E-state index is 12.3. The molecule has 0 saturated carbocycles. The predicted octanol–water partition coefficient (Wildman–Crippen LogP) is 5.58. The molecule has 3 aromatic rings. The summed E-state index contributed by atoms with van der Waals surface area (Å²) in [5, 5.41) is 3.37. The summed E-state index contributed by atoms with van der Waals surface area (Å²) in [6.07, 6.45) is -0.778. The van der Waals surface area contributed by atoms with Crippen molar-refractivity contribution in [3.8, 4) is 11.5 Å². The highest BCUT2D eigenvalue weighted by atomic mass is 35.5. The lowest BCUT2D eigenvalue weighted by atomic mass is 10.1. The normalized spacial score (nSPS) is 11.5. The van der Waals surface area contributed by atoms with E-state index in [9.17, 15) is 9.59 Å². The van der Waals surface area contributed by atoms with E-state index in [1.165, 1.54) is 0 Å². The van der Waals surface area contributed by atoms with E-state index in [0.29, 0.717) is 27.8 Å². The standard InChI is InChI=1S/C24H22ClNO4/c1-15-4-13-22(16(2)14-15)29-17(3)24(28)30-21-11-5-18(6-12-21)23(27)26-20-9-7-19(25)8-10-20/h4-14,17H,1-3H3,(H,26,27). The van der Waals surface area contributed by atoms with Gasteiger partial charge < -0.3 is 14.8 Å². The van der Waals surface area contributed by atoms with Crippen LogP contribution >= 0.6 is 11.6 Å². The van der Waals surface area contributed by atoms with Crippen LogP contribution in [0.2, 0.25) is 5.02 Å². The van der Waals surface area contributed by atoms with Crippen LogP contribution in [0.1, 0.15) is 28.4 Å². The quantitative estimate of drug-likeness (QED) is 0.415. The second-order valence-corrected chi connectivity index (χ2v) is 7.37. The summed E-state index contributed by atoms with van der Waals surface area (Å²) in [4.78, 5) is 24.7. The summed E-state index contributed by atoms with van der Waals surface area (Å²) in [6, 6.07) is 18.9. The van der Waals surface area contributed by atoms with E-state index in [1.807, 2.05) is 32.0 Å². The van der Waals surface area contributed by atoms with Gasteiger partial charge in [-0.2, -0.15) is 0 Å². The van der Waals surface area contributed by atoms with Crippen LogP contribution in [-0.4, -0.2) is 18.0 Å². The fraction of sp³-hybridized carbons (Fsp3) is 0.167. The van der Waals surface area contributed by atoms with Crippen molar-refractivity contribution < 1.29 is 19.1 Å². The second-order valence-electron chi connectivity index (χ2n) is 6.94. The SMILES string of the molecule is Cc1ccc(OC(C)C(=O)Oc2ccc(C(=O)Nc3ccc(Cl)cc3)cc2)c(C)c1. The zero-order valence-electron chi connectivity index (χ0n) is 16.9. The Morgan fingerprint density at radius 3 is 2.23 bits per heavy atom. The first kappa shape index (κ1) is 21.4. The Kier molecular flexibility index (Phi) is 6.75. The molecule has 0 aromatic heterocycles. The minimum atomic E-state index is -0.778. The molecule has 0 aliphatic heterocycles. The van der Waals surface area contributed by atoms with Crippen LogP contribution in [-0.2, 0) is 4.79 Å². The molecule has 0 heterocycles. The molecule has 0 radical (unpaired) electrons. The Hall–Kier alpha value is -3.31. The van der Waals surface area contributed by atoms with Crippen molar-refractivity contribution in [1.29, 1.82) is 0 Å². The number of amides is 1. The molecule has 0 saturated heterocycles. The maximum Gasteiger partial charge on any atom is 0.352 e.